The van der Waals surface area contributed by atoms with E-state index in [-0.39, 0.29) is 10.6 Å². The number of hydrogen-bond donors (Lipinski definition) is 3. The Balaban J connectivity index is 3.03. The predicted molar refractivity (Wildman–Crippen MR) is 68.1 cm³/mol. The van der Waals surface area contributed by atoms with Gasteiger partial charge in [0.1, 0.15) is 5.75 Å². The van der Waals surface area contributed by atoms with Gasteiger partial charge in [0.15, 0.2) is 0 Å². The summed E-state index contributed by atoms with van der Waals surface area (Å²) in [5.41, 5.74) is 0.406. The molecule has 9 heteroatoms. The molecule has 0 unspecified atom stereocenters. The summed E-state index contributed by atoms with van der Waals surface area (Å²) in [5, 5.41) is 8.35. The molecule has 0 radical (unpaired) electrons. The number of benzene rings is 1. The molecule has 0 amide bonds. The van der Waals surface area contributed by atoms with E-state index in [0.29, 0.717) is 17.7 Å². The third-order valence-electron chi connectivity index (χ3n) is 2.18. The van der Waals surface area contributed by atoms with E-state index in [0.717, 1.165) is 6.07 Å². The van der Waals surface area contributed by atoms with E-state index >= 15 is 0 Å². The topological polar surface area (TPSA) is 136 Å². The highest BCUT2D eigenvalue weighted by Gasteiger charge is 2.16. The zero-order valence-electron chi connectivity index (χ0n) is 10.4. The lowest BCUT2D eigenvalue weighted by molar-refractivity contribution is -0.133. The molecule has 8 nitrogen and oxygen atoms in total. The Labute approximate surface area is 114 Å². The standard InChI is InChI=1S/C11H12N2O6S/c1-7-2-3-8(6-9(7)20(17,18)13-12)19-11(16)5-4-10(14)15/h2-6,13H,12H2,1H3,(H,14,15)/b5-4-. The van der Waals surface area contributed by atoms with Gasteiger partial charge in [-0.05, 0) is 18.6 Å². The number of nitrogens with two attached hydrogens (primary N) is 1. The molecular formula is C11H12N2O6S. The summed E-state index contributed by atoms with van der Waals surface area (Å²) in [4.78, 5) is 23.0. The van der Waals surface area contributed by atoms with Crippen LogP contribution in [-0.4, -0.2) is 25.5 Å². The Bertz CT molecular complexity index is 665. The summed E-state index contributed by atoms with van der Waals surface area (Å²) in [7, 11) is -3.89. The smallest absolute Gasteiger partial charge is 0.336 e. The quantitative estimate of drug-likeness (QED) is 0.223. The van der Waals surface area contributed by atoms with Crippen LogP contribution in [0.2, 0.25) is 0 Å². The van der Waals surface area contributed by atoms with Gasteiger partial charge in [-0.1, -0.05) is 6.07 Å². The van der Waals surface area contributed by atoms with Crippen molar-refractivity contribution in [2.75, 3.05) is 0 Å². The second-order valence-corrected chi connectivity index (χ2v) is 5.32. The minimum absolute atomic E-state index is 0.0514. The van der Waals surface area contributed by atoms with Crippen LogP contribution in [0.4, 0.5) is 0 Å². The lowest BCUT2D eigenvalue weighted by Crippen LogP contribution is -2.30. The van der Waals surface area contributed by atoms with Crippen molar-refractivity contribution in [3.8, 4) is 5.75 Å². The molecule has 0 bridgehead atoms. The largest absolute Gasteiger partial charge is 0.478 e. The van der Waals surface area contributed by atoms with E-state index in [4.69, 9.17) is 15.7 Å². The number of hydrazine groups is 1. The van der Waals surface area contributed by atoms with Crippen molar-refractivity contribution in [3.05, 3.63) is 35.9 Å². The first-order chi connectivity index (χ1) is 9.26. The van der Waals surface area contributed by atoms with Crippen LogP contribution in [-0.2, 0) is 19.6 Å². The van der Waals surface area contributed by atoms with Gasteiger partial charge in [-0.25, -0.2) is 18.0 Å². The number of esters is 1. The number of aliphatic carboxylic acids is 1. The number of carboxylic acid groups (broad SMARTS) is 1. The molecule has 1 rings (SSSR count). The van der Waals surface area contributed by atoms with Gasteiger partial charge < -0.3 is 9.84 Å². The van der Waals surface area contributed by atoms with E-state index < -0.39 is 22.0 Å². The number of sulfonamides is 1. The molecule has 0 aromatic heterocycles. The Morgan fingerprint density at radius 3 is 2.55 bits per heavy atom. The first kappa shape index (κ1) is 15.8. The maximum atomic E-state index is 11.6. The minimum Gasteiger partial charge on any atom is -0.478 e. The predicted octanol–water partition coefficient (Wildman–Crippen LogP) is -0.307. The normalized spacial score (nSPS) is 11.5. The van der Waals surface area contributed by atoms with Crippen LogP contribution in [0.5, 0.6) is 5.75 Å². The fraction of sp³-hybridized carbons (Fsp3) is 0.0909. The molecule has 1 aromatic carbocycles. The third kappa shape index (κ3) is 4.16. The van der Waals surface area contributed by atoms with Crippen LogP contribution in [0, 0.1) is 6.92 Å². The van der Waals surface area contributed by atoms with E-state index in [1.165, 1.54) is 12.1 Å². The van der Waals surface area contributed by atoms with Gasteiger partial charge in [-0.3, -0.25) is 5.84 Å². The Kier molecular flexibility index (Phi) is 4.97. The third-order valence-corrected chi connectivity index (χ3v) is 3.51. The van der Waals surface area contributed by atoms with Gasteiger partial charge >= 0.3 is 11.9 Å². The highest BCUT2D eigenvalue weighted by Crippen LogP contribution is 2.21. The van der Waals surface area contributed by atoms with Crippen LogP contribution < -0.4 is 15.4 Å². The van der Waals surface area contributed by atoms with Crippen molar-refractivity contribution in [3.63, 3.8) is 0 Å². The fourth-order valence-electron chi connectivity index (χ4n) is 1.29. The molecule has 4 N–H and O–H groups in total. The summed E-state index contributed by atoms with van der Waals surface area (Å²) in [6.45, 7) is 1.54. The average molecular weight is 300 g/mol. The molecule has 0 saturated carbocycles. The van der Waals surface area contributed by atoms with Gasteiger partial charge in [-0.2, -0.15) is 4.83 Å². The SMILES string of the molecule is Cc1ccc(OC(=O)/C=C\C(=O)O)cc1S(=O)(=O)NN. The van der Waals surface area contributed by atoms with Gasteiger partial charge in [-0.15, -0.1) is 0 Å². The Morgan fingerprint density at radius 2 is 2.00 bits per heavy atom. The number of carboxylic acids is 1. The van der Waals surface area contributed by atoms with E-state index in [1.807, 2.05) is 0 Å². The second kappa shape index (κ2) is 6.28. The number of nitrogens with one attached hydrogen (secondary N) is 1. The number of aryl methyl sites for hydroxylation is 1. The average Bonchev–Trinajstić information content (AvgIpc) is 2.38. The molecular weight excluding hydrogens is 288 g/mol. The van der Waals surface area contributed by atoms with Gasteiger partial charge in [0.25, 0.3) is 10.0 Å². The van der Waals surface area contributed by atoms with Gasteiger partial charge in [0.2, 0.25) is 0 Å². The monoisotopic (exact) mass is 300 g/mol. The highest BCUT2D eigenvalue weighted by molar-refractivity contribution is 7.89. The van der Waals surface area contributed by atoms with E-state index in [2.05, 4.69) is 0 Å². The minimum atomic E-state index is -3.89. The maximum Gasteiger partial charge on any atom is 0.336 e. The summed E-state index contributed by atoms with van der Waals surface area (Å²) in [5.74, 6) is 2.62. The summed E-state index contributed by atoms with van der Waals surface area (Å²) < 4.78 is 28.0. The summed E-state index contributed by atoms with van der Waals surface area (Å²) in [6.07, 6.45) is 1.31. The number of carbonyl (C=O) groups excluding carboxylic acids is 1. The lowest BCUT2D eigenvalue weighted by atomic mass is 10.2. The van der Waals surface area contributed by atoms with Gasteiger partial charge in [0, 0.05) is 18.2 Å². The molecule has 0 saturated heterocycles. The lowest BCUT2D eigenvalue weighted by Gasteiger charge is -2.08. The van der Waals surface area contributed by atoms with Crippen LogP contribution in [0.15, 0.2) is 35.2 Å². The molecule has 0 spiro atoms. The molecule has 0 fully saturated rings. The zero-order valence-corrected chi connectivity index (χ0v) is 11.2. The molecule has 0 aliphatic rings. The summed E-state index contributed by atoms with van der Waals surface area (Å²) >= 11 is 0. The molecule has 0 heterocycles. The first-order valence-corrected chi connectivity index (χ1v) is 6.70. The van der Waals surface area contributed by atoms with Crippen LogP contribution in [0.25, 0.3) is 0 Å². The van der Waals surface area contributed by atoms with Crippen LogP contribution in [0.3, 0.4) is 0 Å². The van der Waals surface area contributed by atoms with Crippen LogP contribution in [0.1, 0.15) is 5.56 Å². The molecule has 0 aliphatic heterocycles. The Morgan fingerprint density at radius 1 is 1.35 bits per heavy atom. The second-order valence-electron chi connectivity index (χ2n) is 3.64. The molecule has 1 aromatic rings. The molecule has 0 aliphatic carbocycles. The van der Waals surface area contributed by atoms with Crippen molar-refractivity contribution in [2.24, 2.45) is 5.84 Å². The first-order valence-electron chi connectivity index (χ1n) is 5.22. The number of ether oxygens (including phenoxy) is 1. The van der Waals surface area contributed by atoms with Gasteiger partial charge in [0.05, 0.1) is 4.90 Å². The Hall–Kier alpha value is -2.23. The number of carbonyl (C=O) groups is 2. The highest BCUT2D eigenvalue weighted by atomic mass is 32.2. The number of hydrogen-bond acceptors (Lipinski definition) is 6. The van der Waals surface area contributed by atoms with E-state index in [1.54, 1.807) is 11.8 Å². The molecule has 108 valence electrons. The number of rotatable bonds is 5. The van der Waals surface area contributed by atoms with Crippen molar-refractivity contribution < 1.29 is 27.9 Å². The van der Waals surface area contributed by atoms with Crippen molar-refractivity contribution in [1.29, 1.82) is 0 Å². The fourth-order valence-corrected chi connectivity index (χ4v) is 2.18. The van der Waals surface area contributed by atoms with Crippen molar-refractivity contribution in [2.45, 2.75) is 11.8 Å². The van der Waals surface area contributed by atoms with Crippen molar-refractivity contribution in [1.82, 2.24) is 4.83 Å². The van der Waals surface area contributed by atoms with E-state index in [9.17, 15) is 18.0 Å². The maximum absolute atomic E-state index is 11.6. The summed E-state index contributed by atoms with van der Waals surface area (Å²) in [6, 6.07) is 3.90. The zero-order chi connectivity index (χ0) is 15.3. The van der Waals surface area contributed by atoms with Crippen molar-refractivity contribution >= 4 is 22.0 Å². The van der Waals surface area contributed by atoms with Crippen LogP contribution >= 0.6 is 0 Å². The molecule has 20 heavy (non-hydrogen) atoms. The molecule has 0 atom stereocenters.